The number of phenolic OH excluding ortho intramolecular Hbond substituents is 1. The molecule has 1 N–H and O–H groups in total. The van der Waals surface area contributed by atoms with Crippen LogP contribution in [0.15, 0.2) is 54.9 Å². The van der Waals surface area contributed by atoms with E-state index >= 15 is 0 Å². The van der Waals surface area contributed by atoms with E-state index in [1.54, 1.807) is 24.5 Å². The van der Waals surface area contributed by atoms with Crippen molar-refractivity contribution in [2.45, 2.75) is 46.0 Å². The Labute approximate surface area is 178 Å². The first-order valence-corrected chi connectivity index (χ1v) is 10.7. The van der Waals surface area contributed by atoms with Gasteiger partial charge in [0.2, 0.25) is 0 Å². The highest BCUT2D eigenvalue weighted by Crippen LogP contribution is 2.31. The van der Waals surface area contributed by atoms with Gasteiger partial charge in [0.05, 0.1) is 18.8 Å². The quantitative estimate of drug-likeness (QED) is 0.381. The van der Waals surface area contributed by atoms with Gasteiger partial charge in [0.15, 0.2) is 5.82 Å². The molecule has 3 rings (SSSR count). The maximum absolute atomic E-state index is 10.3. The van der Waals surface area contributed by atoms with Gasteiger partial charge in [-0.25, -0.2) is 9.97 Å². The predicted octanol–water partition coefficient (Wildman–Crippen LogP) is 6.26. The van der Waals surface area contributed by atoms with Crippen molar-refractivity contribution in [2.75, 3.05) is 13.2 Å². The van der Waals surface area contributed by atoms with Crippen molar-refractivity contribution in [3.63, 3.8) is 0 Å². The summed E-state index contributed by atoms with van der Waals surface area (Å²) in [6.07, 6.45) is 9.04. The molecule has 0 saturated heterocycles. The minimum Gasteiger partial charge on any atom is -0.507 e. The lowest BCUT2D eigenvalue weighted by atomic mass is 10.1. The summed E-state index contributed by atoms with van der Waals surface area (Å²) in [7, 11) is 0. The van der Waals surface area contributed by atoms with Crippen LogP contribution in [-0.4, -0.2) is 28.3 Å². The molecule has 1 heterocycles. The molecular weight excluding hydrogens is 376 g/mol. The molecule has 0 fully saturated rings. The number of rotatable bonds is 11. The van der Waals surface area contributed by atoms with Crippen molar-refractivity contribution in [3.05, 3.63) is 54.9 Å². The third-order valence-electron chi connectivity index (χ3n) is 4.83. The van der Waals surface area contributed by atoms with Crippen LogP contribution in [0.4, 0.5) is 0 Å². The van der Waals surface area contributed by atoms with Crippen LogP contribution in [0.1, 0.15) is 46.0 Å². The van der Waals surface area contributed by atoms with E-state index < -0.39 is 0 Å². The Morgan fingerprint density at radius 1 is 0.733 bits per heavy atom. The van der Waals surface area contributed by atoms with Crippen molar-refractivity contribution in [1.82, 2.24) is 9.97 Å². The molecule has 0 saturated carbocycles. The van der Waals surface area contributed by atoms with Gasteiger partial charge >= 0.3 is 0 Å². The highest BCUT2D eigenvalue weighted by atomic mass is 16.5. The first-order chi connectivity index (χ1) is 14.7. The third kappa shape index (κ3) is 5.96. The number of phenols is 1. The molecule has 0 radical (unpaired) electrons. The molecule has 0 atom stereocenters. The molecule has 0 amide bonds. The Bertz CT molecular complexity index is 909. The number of aromatic nitrogens is 2. The monoisotopic (exact) mass is 406 g/mol. The predicted molar refractivity (Wildman–Crippen MR) is 120 cm³/mol. The topological polar surface area (TPSA) is 64.5 Å². The fraction of sp³-hybridized carbons (Fsp3) is 0.360. The van der Waals surface area contributed by atoms with Crippen LogP contribution in [0.3, 0.4) is 0 Å². The van der Waals surface area contributed by atoms with E-state index in [1.807, 2.05) is 30.3 Å². The highest BCUT2D eigenvalue weighted by Gasteiger charge is 2.10. The molecule has 0 bridgehead atoms. The van der Waals surface area contributed by atoms with E-state index in [9.17, 15) is 5.11 Å². The average Bonchev–Trinajstić information content (AvgIpc) is 2.78. The summed E-state index contributed by atoms with van der Waals surface area (Å²) in [5.41, 5.74) is 2.52. The molecule has 0 aliphatic heterocycles. The summed E-state index contributed by atoms with van der Waals surface area (Å²) in [5, 5.41) is 10.3. The van der Waals surface area contributed by atoms with Crippen LogP contribution in [-0.2, 0) is 0 Å². The number of hydrogen-bond donors (Lipinski definition) is 1. The highest BCUT2D eigenvalue weighted by molar-refractivity contribution is 5.68. The Morgan fingerprint density at radius 2 is 1.37 bits per heavy atom. The molecule has 1 aromatic heterocycles. The van der Waals surface area contributed by atoms with E-state index in [-0.39, 0.29) is 5.75 Å². The first-order valence-electron chi connectivity index (χ1n) is 10.7. The Kier molecular flexibility index (Phi) is 8.07. The van der Waals surface area contributed by atoms with E-state index in [4.69, 9.17) is 9.47 Å². The zero-order chi connectivity index (χ0) is 21.2. The first kappa shape index (κ1) is 21.6. The van der Waals surface area contributed by atoms with Crippen molar-refractivity contribution < 1.29 is 14.6 Å². The largest absolute Gasteiger partial charge is 0.507 e. The maximum Gasteiger partial charge on any atom is 0.162 e. The van der Waals surface area contributed by atoms with Gasteiger partial charge < -0.3 is 14.6 Å². The summed E-state index contributed by atoms with van der Waals surface area (Å²) in [6, 6.07) is 13.2. The lowest BCUT2D eigenvalue weighted by Gasteiger charge is -2.09. The molecule has 5 heteroatoms. The smallest absolute Gasteiger partial charge is 0.162 e. The minimum atomic E-state index is 0.112. The molecule has 30 heavy (non-hydrogen) atoms. The minimum absolute atomic E-state index is 0.112. The summed E-state index contributed by atoms with van der Waals surface area (Å²) >= 11 is 0. The van der Waals surface area contributed by atoms with Gasteiger partial charge in [-0.1, -0.05) is 45.2 Å². The van der Waals surface area contributed by atoms with Crippen LogP contribution in [0, 0.1) is 0 Å². The number of benzene rings is 2. The SMILES string of the molecule is CCCCCOc1ccc(-c2cnc(-c3ccc(OCCCC)cc3O)nc2)cc1. The van der Waals surface area contributed by atoms with Crippen LogP contribution in [0.25, 0.3) is 22.5 Å². The van der Waals surface area contributed by atoms with Crippen molar-refractivity contribution in [2.24, 2.45) is 0 Å². The third-order valence-corrected chi connectivity index (χ3v) is 4.83. The van der Waals surface area contributed by atoms with Gasteiger partial charge in [-0.05, 0) is 42.7 Å². The molecule has 3 aromatic rings. The molecule has 0 aliphatic rings. The lowest BCUT2D eigenvalue weighted by Crippen LogP contribution is -1.97. The van der Waals surface area contributed by atoms with Crippen LogP contribution < -0.4 is 9.47 Å². The second-order valence-corrected chi connectivity index (χ2v) is 7.26. The van der Waals surface area contributed by atoms with Gasteiger partial charge in [-0.2, -0.15) is 0 Å². The van der Waals surface area contributed by atoms with E-state index in [0.29, 0.717) is 23.7 Å². The molecule has 0 unspecified atom stereocenters. The maximum atomic E-state index is 10.3. The normalized spacial score (nSPS) is 10.7. The molecule has 0 aliphatic carbocycles. The number of ether oxygens (including phenoxy) is 2. The molecule has 158 valence electrons. The number of nitrogens with zero attached hydrogens (tertiary/aromatic N) is 2. The number of hydrogen-bond acceptors (Lipinski definition) is 5. The van der Waals surface area contributed by atoms with Gasteiger partial charge in [0, 0.05) is 24.0 Å². The fourth-order valence-electron chi connectivity index (χ4n) is 3.03. The second kappa shape index (κ2) is 11.2. The molecular formula is C25H30N2O3. The van der Waals surface area contributed by atoms with Crippen LogP contribution in [0.5, 0.6) is 17.2 Å². The average molecular weight is 407 g/mol. The molecule has 2 aromatic carbocycles. The summed E-state index contributed by atoms with van der Waals surface area (Å²) in [4.78, 5) is 8.88. The van der Waals surface area contributed by atoms with Gasteiger partial charge in [-0.15, -0.1) is 0 Å². The van der Waals surface area contributed by atoms with Crippen LogP contribution >= 0.6 is 0 Å². The van der Waals surface area contributed by atoms with Crippen molar-refractivity contribution in [1.29, 1.82) is 0 Å². The van der Waals surface area contributed by atoms with Crippen molar-refractivity contribution >= 4 is 0 Å². The Hall–Kier alpha value is -3.08. The number of aromatic hydroxyl groups is 1. The van der Waals surface area contributed by atoms with Gasteiger partial charge in [-0.3, -0.25) is 0 Å². The van der Waals surface area contributed by atoms with E-state index in [0.717, 1.165) is 42.7 Å². The van der Waals surface area contributed by atoms with E-state index in [2.05, 4.69) is 23.8 Å². The Morgan fingerprint density at radius 3 is 2.03 bits per heavy atom. The number of unbranched alkanes of at least 4 members (excludes halogenated alkanes) is 3. The van der Waals surface area contributed by atoms with E-state index in [1.165, 1.54) is 12.8 Å². The summed E-state index contributed by atoms with van der Waals surface area (Å²) in [5.74, 6) is 2.12. The fourth-order valence-corrected chi connectivity index (χ4v) is 3.03. The standard InChI is InChI=1S/C25H30N2O3/c1-3-5-7-15-29-21-10-8-19(9-11-21)20-17-26-25(27-18-20)23-13-12-22(16-24(23)28)30-14-6-4-2/h8-13,16-18,28H,3-7,14-15H2,1-2H3. The molecule has 0 spiro atoms. The summed E-state index contributed by atoms with van der Waals surface area (Å²) in [6.45, 7) is 5.68. The van der Waals surface area contributed by atoms with Crippen molar-refractivity contribution in [3.8, 4) is 39.8 Å². The van der Waals surface area contributed by atoms with Gasteiger partial charge in [0.25, 0.3) is 0 Å². The Balaban J connectivity index is 1.64. The zero-order valence-electron chi connectivity index (χ0n) is 17.8. The zero-order valence-corrected chi connectivity index (χ0v) is 17.8. The van der Waals surface area contributed by atoms with Crippen LogP contribution in [0.2, 0.25) is 0 Å². The lowest BCUT2D eigenvalue weighted by molar-refractivity contribution is 0.306. The second-order valence-electron chi connectivity index (χ2n) is 7.26. The summed E-state index contributed by atoms with van der Waals surface area (Å²) < 4.78 is 11.4. The van der Waals surface area contributed by atoms with Gasteiger partial charge in [0.1, 0.15) is 17.2 Å². The molecule has 5 nitrogen and oxygen atoms in total.